The molecule has 3 aromatic heterocycles. The number of nitrogens with zero attached hydrogens (tertiary/aromatic N) is 4. The first-order valence-electron chi connectivity index (χ1n) is 4.86. The molecule has 0 aliphatic carbocycles. The second-order valence-corrected chi connectivity index (χ2v) is 3.37. The Bertz CT molecular complexity index is 729. The summed E-state index contributed by atoms with van der Waals surface area (Å²) in [6, 6.07) is 9.48. The van der Waals surface area contributed by atoms with Crippen LogP contribution in [0.2, 0.25) is 0 Å². The van der Waals surface area contributed by atoms with Crippen LogP contribution in [0.15, 0.2) is 47.8 Å². The van der Waals surface area contributed by atoms with Crippen LogP contribution >= 0.6 is 0 Å². The summed E-state index contributed by atoms with van der Waals surface area (Å²) >= 11 is 0. The smallest absolute Gasteiger partial charge is 0.184 e. The predicted molar refractivity (Wildman–Crippen MR) is 60.2 cm³/mol. The van der Waals surface area contributed by atoms with Crippen LogP contribution < -0.4 is 11.3 Å². The SMILES string of the molecule is N/N=c1/nc2ccccn2c2ncccc12. The van der Waals surface area contributed by atoms with Gasteiger partial charge in [-0.1, -0.05) is 6.07 Å². The van der Waals surface area contributed by atoms with Gasteiger partial charge < -0.3 is 5.84 Å². The van der Waals surface area contributed by atoms with Gasteiger partial charge in [0.05, 0.1) is 5.39 Å². The summed E-state index contributed by atoms with van der Waals surface area (Å²) in [6.45, 7) is 0. The van der Waals surface area contributed by atoms with Crippen LogP contribution in [0.4, 0.5) is 0 Å². The van der Waals surface area contributed by atoms with Gasteiger partial charge in [0, 0.05) is 12.4 Å². The minimum absolute atomic E-state index is 0.509. The highest BCUT2D eigenvalue weighted by molar-refractivity contribution is 5.75. The topological polar surface area (TPSA) is 68.6 Å². The first-order chi connectivity index (χ1) is 7.90. The number of rotatable bonds is 0. The normalized spacial score (nSPS) is 12.4. The largest absolute Gasteiger partial charge is 0.321 e. The molecule has 0 bridgehead atoms. The lowest BCUT2D eigenvalue weighted by Gasteiger charge is -2.04. The fraction of sp³-hybridized carbons (Fsp3) is 0. The maximum Gasteiger partial charge on any atom is 0.184 e. The van der Waals surface area contributed by atoms with Gasteiger partial charge in [0.2, 0.25) is 0 Å². The molecule has 0 aliphatic rings. The van der Waals surface area contributed by atoms with Gasteiger partial charge >= 0.3 is 0 Å². The zero-order valence-corrected chi connectivity index (χ0v) is 8.41. The molecule has 0 saturated heterocycles. The third-order valence-electron chi connectivity index (χ3n) is 2.44. The molecule has 0 unspecified atom stereocenters. The van der Waals surface area contributed by atoms with Crippen molar-refractivity contribution < 1.29 is 0 Å². The summed E-state index contributed by atoms with van der Waals surface area (Å²) in [5.41, 5.74) is 2.09. The number of pyridine rings is 2. The molecular formula is C11H9N5. The van der Waals surface area contributed by atoms with Gasteiger partial charge in [0.25, 0.3) is 0 Å². The molecule has 0 aromatic carbocycles. The van der Waals surface area contributed by atoms with E-state index in [1.54, 1.807) is 6.20 Å². The standard InChI is InChI=1S/C11H9N5/c12-15-10-8-4-3-6-13-11(8)16-7-2-1-5-9(16)14-10/h1-7H,12H2/b15-10+. The van der Waals surface area contributed by atoms with Crippen LogP contribution in [-0.4, -0.2) is 14.4 Å². The third kappa shape index (κ3) is 1.15. The van der Waals surface area contributed by atoms with Crippen LogP contribution in [0, 0.1) is 0 Å². The molecule has 0 aliphatic heterocycles. The Balaban J connectivity index is 2.69. The van der Waals surface area contributed by atoms with Crippen molar-refractivity contribution in [3.05, 3.63) is 48.2 Å². The van der Waals surface area contributed by atoms with Crippen molar-refractivity contribution in [2.24, 2.45) is 10.9 Å². The molecular weight excluding hydrogens is 202 g/mol. The molecule has 78 valence electrons. The van der Waals surface area contributed by atoms with E-state index in [0.29, 0.717) is 5.49 Å². The molecule has 3 rings (SSSR count). The van der Waals surface area contributed by atoms with Crippen molar-refractivity contribution in [3.63, 3.8) is 0 Å². The fourth-order valence-electron chi connectivity index (χ4n) is 1.73. The van der Waals surface area contributed by atoms with E-state index in [0.717, 1.165) is 16.7 Å². The molecule has 2 N–H and O–H groups in total. The number of nitrogens with two attached hydrogens (primary N) is 1. The fourth-order valence-corrected chi connectivity index (χ4v) is 1.73. The number of aromatic nitrogens is 3. The van der Waals surface area contributed by atoms with E-state index in [2.05, 4.69) is 15.1 Å². The Labute approximate surface area is 90.9 Å². The van der Waals surface area contributed by atoms with Gasteiger partial charge in [-0.3, -0.25) is 4.40 Å². The third-order valence-corrected chi connectivity index (χ3v) is 2.44. The van der Waals surface area contributed by atoms with E-state index >= 15 is 0 Å². The maximum atomic E-state index is 5.33. The van der Waals surface area contributed by atoms with E-state index in [1.807, 2.05) is 40.9 Å². The van der Waals surface area contributed by atoms with E-state index in [1.165, 1.54) is 0 Å². The quantitative estimate of drug-likeness (QED) is 0.337. The molecule has 0 amide bonds. The van der Waals surface area contributed by atoms with Crippen molar-refractivity contribution in [3.8, 4) is 0 Å². The summed E-state index contributed by atoms with van der Waals surface area (Å²) in [6.07, 6.45) is 3.65. The van der Waals surface area contributed by atoms with E-state index < -0.39 is 0 Å². The Morgan fingerprint density at radius 2 is 2.12 bits per heavy atom. The van der Waals surface area contributed by atoms with Crippen LogP contribution in [0.25, 0.3) is 16.7 Å². The highest BCUT2D eigenvalue weighted by Crippen LogP contribution is 2.07. The van der Waals surface area contributed by atoms with Gasteiger partial charge in [-0.05, 0) is 24.3 Å². The van der Waals surface area contributed by atoms with Crippen LogP contribution in [0.5, 0.6) is 0 Å². The first-order valence-corrected chi connectivity index (χ1v) is 4.86. The lowest BCUT2D eigenvalue weighted by Crippen LogP contribution is -2.15. The van der Waals surface area contributed by atoms with Crippen molar-refractivity contribution in [2.45, 2.75) is 0 Å². The van der Waals surface area contributed by atoms with Gasteiger partial charge in [-0.2, -0.15) is 5.10 Å². The van der Waals surface area contributed by atoms with Crippen molar-refractivity contribution in [1.82, 2.24) is 14.4 Å². The molecule has 0 spiro atoms. The Morgan fingerprint density at radius 1 is 1.19 bits per heavy atom. The van der Waals surface area contributed by atoms with Gasteiger partial charge in [-0.15, -0.1) is 0 Å². The molecule has 5 nitrogen and oxygen atoms in total. The average molecular weight is 211 g/mol. The van der Waals surface area contributed by atoms with Crippen molar-refractivity contribution >= 4 is 16.7 Å². The van der Waals surface area contributed by atoms with Crippen LogP contribution in [0.3, 0.4) is 0 Å². The minimum atomic E-state index is 0.509. The number of hydrogen-bond donors (Lipinski definition) is 1. The minimum Gasteiger partial charge on any atom is -0.321 e. The van der Waals surface area contributed by atoms with Crippen LogP contribution in [0.1, 0.15) is 0 Å². The average Bonchev–Trinajstić information content (AvgIpc) is 2.38. The first kappa shape index (κ1) is 8.84. The van der Waals surface area contributed by atoms with Gasteiger partial charge in [0.15, 0.2) is 5.49 Å². The molecule has 0 fully saturated rings. The number of hydrogen-bond acceptors (Lipinski definition) is 4. The second kappa shape index (κ2) is 3.30. The summed E-state index contributed by atoms with van der Waals surface area (Å²) in [4.78, 5) is 8.68. The number of fused-ring (bicyclic) bond motifs is 3. The molecule has 3 aromatic rings. The second-order valence-electron chi connectivity index (χ2n) is 3.37. The van der Waals surface area contributed by atoms with Crippen molar-refractivity contribution in [2.75, 3.05) is 0 Å². The van der Waals surface area contributed by atoms with Crippen molar-refractivity contribution in [1.29, 1.82) is 0 Å². The summed E-state index contributed by atoms with van der Waals surface area (Å²) < 4.78 is 1.91. The molecule has 0 atom stereocenters. The zero-order valence-electron chi connectivity index (χ0n) is 8.41. The highest BCUT2D eigenvalue weighted by Gasteiger charge is 2.02. The molecule has 3 heterocycles. The Kier molecular flexibility index (Phi) is 1.83. The predicted octanol–water partition coefficient (Wildman–Crippen LogP) is 0.657. The zero-order chi connectivity index (χ0) is 11.0. The molecule has 0 radical (unpaired) electrons. The van der Waals surface area contributed by atoms with Crippen LogP contribution in [-0.2, 0) is 0 Å². The molecule has 16 heavy (non-hydrogen) atoms. The molecule has 0 saturated carbocycles. The monoisotopic (exact) mass is 211 g/mol. The lowest BCUT2D eigenvalue weighted by molar-refractivity contribution is 1.03. The maximum absolute atomic E-state index is 5.33. The van der Waals surface area contributed by atoms with Gasteiger partial charge in [-0.25, -0.2) is 9.97 Å². The van der Waals surface area contributed by atoms with E-state index in [9.17, 15) is 0 Å². The summed E-state index contributed by atoms with van der Waals surface area (Å²) in [7, 11) is 0. The van der Waals surface area contributed by atoms with Gasteiger partial charge in [0.1, 0.15) is 11.3 Å². The van der Waals surface area contributed by atoms with E-state index in [-0.39, 0.29) is 0 Å². The van der Waals surface area contributed by atoms with E-state index in [4.69, 9.17) is 5.84 Å². The summed E-state index contributed by atoms with van der Waals surface area (Å²) in [5.74, 6) is 5.33. The Hall–Kier alpha value is -2.43. The summed E-state index contributed by atoms with van der Waals surface area (Å²) in [5, 5.41) is 4.53. The lowest BCUT2D eigenvalue weighted by atomic mass is 10.3. The molecule has 5 heteroatoms. The highest BCUT2D eigenvalue weighted by atomic mass is 15.2. The Morgan fingerprint density at radius 3 is 3.00 bits per heavy atom.